The zero-order valence-electron chi connectivity index (χ0n) is 8.10. The Kier molecular flexibility index (Phi) is 4.00. The van der Waals surface area contributed by atoms with E-state index in [1.807, 2.05) is 6.92 Å². The molecule has 0 bridgehead atoms. The van der Waals surface area contributed by atoms with E-state index < -0.39 is 0 Å². The number of nitrogens with one attached hydrogen (secondary N) is 1. The van der Waals surface area contributed by atoms with Crippen molar-refractivity contribution in [2.75, 3.05) is 13.1 Å². The fourth-order valence-corrected chi connectivity index (χ4v) is 0.869. The number of nitrogens with two attached hydrogens (primary N) is 1. The monoisotopic (exact) mass is 194 g/mol. The second-order valence-corrected chi connectivity index (χ2v) is 3.18. The molecule has 0 saturated carbocycles. The molecule has 0 aliphatic carbocycles. The van der Waals surface area contributed by atoms with Crippen LogP contribution in [0, 0.1) is 5.92 Å². The summed E-state index contributed by atoms with van der Waals surface area (Å²) in [5.74, 6) is 0.120. The number of carbonyl (C=O) groups is 1. The van der Waals surface area contributed by atoms with Crippen molar-refractivity contribution in [3.05, 3.63) is 24.3 Å². The second-order valence-electron chi connectivity index (χ2n) is 3.18. The third-order valence-electron chi connectivity index (χ3n) is 1.84. The first-order valence-electron chi connectivity index (χ1n) is 4.47. The quantitative estimate of drug-likeness (QED) is 0.695. The molecule has 0 fully saturated rings. The number of rotatable bonds is 4. The zero-order valence-corrected chi connectivity index (χ0v) is 8.10. The molecule has 0 aliphatic heterocycles. The van der Waals surface area contributed by atoms with Gasteiger partial charge in [-0.1, -0.05) is 6.92 Å². The number of amides is 1. The van der Waals surface area contributed by atoms with Gasteiger partial charge in [-0.05, 0) is 12.5 Å². The molecule has 5 heteroatoms. The minimum atomic E-state index is -0.161. The molecule has 0 aliphatic rings. The van der Waals surface area contributed by atoms with Crippen LogP contribution in [0.4, 0.5) is 0 Å². The molecular formula is C9H14N4O. The van der Waals surface area contributed by atoms with Gasteiger partial charge in [0.15, 0.2) is 0 Å². The Hall–Kier alpha value is -1.49. The highest BCUT2D eigenvalue weighted by Gasteiger charge is 2.06. The van der Waals surface area contributed by atoms with Gasteiger partial charge in [0.1, 0.15) is 6.33 Å². The van der Waals surface area contributed by atoms with Crippen molar-refractivity contribution in [1.82, 2.24) is 15.3 Å². The van der Waals surface area contributed by atoms with Crippen molar-refractivity contribution >= 4 is 5.91 Å². The summed E-state index contributed by atoms with van der Waals surface area (Å²) in [6.07, 6.45) is 4.35. The molecule has 1 aromatic rings. The fourth-order valence-electron chi connectivity index (χ4n) is 0.869. The van der Waals surface area contributed by atoms with Gasteiger partial charge in [-0.3, -0.25) is 4.79 Å². The van der Waals surface area contributed by atoms with Crippen LogP contribution >= 0.6 is 0 Å². The highest BCUT2D eigenvalue weighted by molar-refractivity contribution is 5.93. The molecule has 76 valence electrons. The van der Waals surface area contributed by atoms with Gasteiger partial charge in [0, 0.05) is 18.9 Å². The Morgan fingerprint density at radius 3 is 2.79 bits per heavy atom. The molecule has 1 heterocycles. The topological polar surface area (TPSA) is 80.9 Å². The minimum absolute atomic E-state index is 0.161. The minimum Gasteiger partial charge on any atom is -0.352 e. The summed E-state index contributed by atoms with van der Waals surface area (Å²) < 4.78 is 0. The summed E-state index contributed by atoms with van der Waals surface area (Å²) in [6.45, 7) is 3.11. The maximum Gasteiger partial charge on any atom is 0.254 e. The molecular weight excluding hydrogens is 180 g/mol. The Bertz CT molecular complexity index is 288. The van der Waals surface area contributed by atoms with E-state index in [4.69, 9.17) is 5.73 Å². The Morgan fingerprint density at radius 2 is 2.21 bits per heavy atom. The van der Waals surface area contributed by atoms with E-state index in [1.54, 1.807) is 0 Å². The van der Waals surface area contributed by atoms with Crippen molar-refractivity contribution in [2.24, 2.45) is 11.7 Å². The van der Waals surface area contributed by atoms with Crippen LogP contribution in [0.5, 0.6) is 0 Å². The number of hydrogen-bond donors (Lipinski definition) is 2. The largest absolute Gasteiger partial charge is 0.352 e. The van der Waals surface area contributed by atoms with Gasteiger partial charge in [0.05, 0.1) is 5.56 Å². The molecule has 5 nitrogen and oxygen atoms in total. The van der Waals surface area contributed by atoms with E-state index in [0.717, 1.165) is 0 Å². The standard InChI is InChI=1S/C9H14N4O/c1-7(2-10)3-13-9(14)8-4-11-6-12-5-8/h4-7H,2-3,10H2,1H3,(H,13,14). The van der Waals surface area contributed by atoms with Crippen LogP contribution in [-0.4, -0.2) is 29.0 Å². The summed E-state index contributed by atoms with van der Waals surface area (Å²) in [5, 5.41) is 2.75. The molecule has 0 saturated heterocycles. The van der Waals surface area contributed by atoms with Gasteiger partial charge in [-0.2, -0.15) is 0 Å². The Labute approximate surface area is 82.7 Å². The maximum atomic E-state index is 11.4. The smallest absolute Gasteiger partial charge is 0.254 e. The molecule has 1 unspecified atom stereocenters. The SMILES string of the molecule is CC(CN)CNC(=O)c1cncnc1. The van der Waals surface area contributed by atoms with Crippen molar-refractivity contribution in [1.29, 1.82) is 0 Å². The van der Waals surface area contributed by atoms with Crippen molar-refractivity contribution in [3.8, 4) is 0 Å². The van der Waals surface area contributed by atoms with Gasteiger partial charge in [0.2, 0.25) is 0 Å². The summed E-state index contributed by atoms with van der Waals surface area (Å²) in [4.78, 5) is 18.9. The highest BCUT2D eigenvalue weighted by atomic mass is 16.1. The molecule has 0 radical (unpaired) electrons. The van der Waals surface area contributed by atoms with Crippen molar-refractivity contribution < 1.29 is 4.79 Å². The average Bonchev–Trinajstić information content (AvgIpc) is 2.26. The lowest BCUT2D eigenvalue weighted by Crippen LogP contribution is -2.31. The first-order chi connectivity index (χ1) is 6.74. The van der Waals surface area contributed by atoms with E-state index >= 15 is 0 Å². The van der Waals surface area contributed by atoms with E-state index in [9.17, 15) is 4.79 Å². The second kappa shape index (κ2) is 5.29. The van der Waals surface area contributed by atoms with Gasteiger partial charge in [-0.15, -0.1) is 0 Å². The van der Waals surface area contributed by atoms with Crippen LogP contribution in [0.15, 0.2) is 18.7 Å². The first-order valence-corrected chi connectivity index (χ1v) is 4.47. The molecule has 0 aromatic carbocycles. The van der Waals surface area contributed by atoms with Crippen LogP contribution in [-0.2, 0) is 0 Å². The van der Waals surface area contributed by atoms with Gasteiger partial charge in [-0.25, -0.2) is 9.97 Å². The fraction of sp³-hybridized carbons (Fsp3) is 0.444. The summed E-state index contributed by atoms with van der Waals surface area (Å²) in [5.41, 5.74) is 5.89. The van der Waals surface area contributed by atoms with Crippen LogP contribution < -0.4 is 11.1 Å². The molecule has 0 spiro atoms. The third-order valence-corrected chi connectivity index (χ3v) is 1.84. The molecule has 1 aromatic heterocycles. The lowest BCUT2D eigenvalue weighted by atomic mass is 10.2. The maximum absolute atomic E-state index is 11.4. The van der Waals surface area contributed by atoms with Crippen LogP contribution in [0.2, 0.25) is 0 Å². The number of aromatic nitrogens is 2. The summed E-state index contributed by atoms with van der Waals surface area (Å²) >= 11 is 0. The van der Waals surface area contributed by atoms with Crippen LogP contribution in [0.1, 0.15) is 17.3 Å². The lowest BCUT2D eigenvalue weighted by Gasteiger charge is -2.09. The third kappa shape index (κ3) is 3.10. The predicted octanol–water partition coefficient (Wildman–Crippen LogP) is -0.199. The summed E-state index contributed by atoms with van der Waals surface area (Å²) in [7, 11) is 0. The number of hydrogen-bond acceptors (Lipinski definition) is 4. The van der Waals surface area contributed by atoms with Crippen LogP contribution in [0.25, 0.3) is 0 Å². The van der Waals surface area contributed by atoms with Gasteiger partial charge in [0.25, 0.3) is 5.91 Å². The van der Waals surface area contributed by atoms with E-state index in [2.05, 4.69) is 15.3 Å². The highest BCUT2D eigenvalue weighted by Crippen LogP contribution is 1.94. The van der Waals surface area contributed by atoms with E-state index in [1.165, 1.54) is 18.7 Å². The van der Waals surface area contributed by atoms with Crippen LogP contribution in [0.3, 0.4) is 0 Å². The molecule has 1 amide bonds. The van der Waals surface area contributed by atoms with E-state index in [0.29, 0.717) is 18.7 Å². The van der Waals surface area contributed by atoms with E-state index in [-0.39, 0.29) is 11.8 Å². The average molecular weight is 194 g/mol. The molecule has 14 heavy (non-hydrogen) atoms. The Balaban J connectivity index is 2.44. The van der Waals surface area contributed by atoms with Gasteiger partial charge >= 0.3 is 0 Å². The molecule has 3 N–H and O–H groups in total. The summed E-state index contributed by atoms with van der Waals surface area (Å²) in [6, 6.07) is 0. The Morgan fingerprint density at radius 1 is 1.57 bits per heavy atom. The number of nitrogens with zero attached hydrogens (tertiary/aromatic N) is 2. The number of carbonyl (C=O) groups excluding carboxylic acids is 1. The first kappa shape index (κ1) is 10.6. The van der Waals surface area contributed by atoms with Crippen molar-refractivity contribution in [2.45, 2.75) is 6.92 Å². The molecule has 1 rings (SSSR count). The van der Waals surface area contributed by atoms with Gasteiger partial charge < -0.3 is 11.1 Å². The normalized spacial score (nSPS) is 12.1. The molecule has 1 atom stereocenters. The lowest BCUT2D eigenvalue weighted by molar-refractivity contribution is 0.0948. The zero-order chi connectivity index (χ0) is 10.4. The van der Waals surface area contributed by atoms with Crippen molar-refractivity contribution in [3.63, 3.8) is 0 Å². The predicted molar refractivity (Wildman–Crippen MR) is 52.6 cm³/mol.